The molecular formula is C31H39N3O4S. The summed E-state index contributed by atoms with van der Waals surface area (Å²) < 4.78 is 12.8. The molecular weight excluding hydrogens is 510 g/mol. The molecule has 2 aliphatic rings. The van der Waals surface area contributed by atoms with Crippen LogP contribution in [0.3, 0.4) is 0 Å². The second-order valence-electron chi connectivity index (χ2n) is 11.2. The molecule has 0 bridgehead atoms. The topological polar surface area (TPSA) is 74.9 Å². The zero-order chi connectivity index (χ0) is 27.8. The van der Waals surface area contributed by atoms with Crippen molar-refractivity contribution in [3.63, 3.8) is 0 Å². The van der Waals surface area contributed by atoms with Crippen LogP contribution in [0, 0.1) is 20.8 Å². The lowest BCUT2D eigenvalue weighted by molar-refractivity contribution is 0.0722. The maximum atomic E-state index is 14.1. The van der Waals surface area contributed by atoms with E-state index in [0.29, 0.717) is 41.6 Å². The minimum atomic E-state index is -0.131. The van der Waals surface area contributed by atoms with Gasteiger partial charge in [0, 0.05) is 35.0 Å². The van der Waals surface area contributed by atoms with Crippen molar-refractivity contribution in [2.24, 2.45) is 0 Å². The van der Waals surface area contributed by atoms with Gasteiger partial charge < -0.3 is 24.3 Å². The number of aromatic amines is 1. The summed E-state index contributed by atoms with van der Waals surface area (Å²) in [6.45, 7) is 6.60. The predicted octanol–water partition coefficient (Wildman–Crippen LogP) is 5.49. The highest BCUT2D eigenvalue weighted by Gasteiger charge is 2.35. The van der Waals surface area contributed by atoms with Crippen molar-refractivity contribution < 1.29 is 14.3 Å². The molecule has 0 unspecified atom stereocenters. The molecule has 1 aromatic carbocycles. The van der Waals surface area contributed by atoms with E-state index in [4.69, 9.17) is 9.47 Å². The zero-order valence-electron chi connectivity index (χ0n) is 23.8. The largest absolute Gasteiger partial charge is 0.492 e. The van der Waals surface area contributed by atoms with E-state index in [1.54, 1.807) is 23.3 Å². The third-order valence-corrected chi connectivity index (χ3v) is 9.08. The van der Waals surface area contributed by atoms with Gasteiger partial charge in [0.05, 0.1) is 25.3 Å². The number of aromatic nitrogens is 1. The normalized spacial score (nSPS) is 19.4. The van der Waals surface area contributed by atoms with Crippen LogP contribution in [-0.4, -0.2) is 60.6 Å². The first-order valence-corrected chi connectivity index (χ1v) is 14.7. The maximum absolute atomic E-state index is 14.1. The fourth-order valence-corrected chi connectivity index (χ4v) is 6.89. The maximum Gasteiger partial charge on any atom is 0.254 e. The Hall–Kier alpha value is -3.10. The van der Waals surface area contributed by atoms with Crippen LogP contribution in [0.4, 0.5) is 0 Å². The fourth-order valence-electron chi connectivity index (χ4n) is 6.25. The van der Waals surface area contributed by atoms with E-state index in [9.17, 15) is 9.59 Å². The third kappa shape index (κ3) is 5.24. The number of nitrogens with zero attached hydrogens (tertiary/aromatic N) is 2. The van der Waals surface area contributed by atoms with Crippen LogP contribution in [0.1, 0.15) is 64.0 Å². The summed E-state index contributed by atoms with van der Waals surface area (Å²) in [6, 6.07) is 4.61. The number of carbonyl (C=O) groups excluding carboxylic acids is 1. The lowest BCUT2D eigenvalue weighted by Crippen LogP contribution is -2.40. The Bertz CT molecular complexity index is 1420. The number of hydrogen-bond acceptors (Lipinski definition) is 6. The van der Waals surface area contributed by atoms with Gasteiger partial charge in [-0.25, -0.2) is 0 Å². The van der Waals surface area contributed by atoms with Gasteiger partial charge in [0.1, 0.15) is 0 Å². The molecule has 0 spiro atoms. The molecule has 1 fully saturated rings. The smallest absolute Gasteiger partial charge is 0.254 e. The standard InChI is InChI=1S/C31H39N3O4S/c1-18-15-19(2)32-30(35)25(18)16-34-13-11-24-26(31(34)36)20(3)28(29(37-6)27(24)21-12-14-39-17-21)38-23-9-7-22(8-10-23)33(4)5/h12,14-15,17,22-23H,7-11,13,16H2,1-6H3,(H,32,35)/t22-,23-. The molecule has 5 rings (SSSR count). The van der Waals surface area contributed by atoms with Gasteiger partial charge in [-0.3, -0.25) is 9.59 Å². The van der Waals surface area contributed by atoms with Crippen molar-refractivity contribution in [3.8, 4) is 22.6 Å². The monoisotopic (exact) mass is 549 g/mol. The zero-order valence-corrected chi connectivity index (χ0v) is 24.7. The Labute approximate surface area is 234 Å². The summed E-state index contributed by atoms with van der Waals surface area (Å²) in [5, 5.41) is 4.15. The van der Waals surface area contributed by atoms with Gasteiger partial charge in [0.25, 0.3) is 11.5 Å². The highest BCUT2D eigenvalue weighted by molar-refractivity contribution is 7.08. The molecule has 3 heterocycles. The summed E-state index contributed by atoms with van der Waals surface area (Å²) in [5.74, 6) is 1.32. The third-order valence-electron chi connectivity index (χ3n) is 8.40. The van der Waals surface area contributed by atoms with Crippen LogP contribution >= 0.6 is 11.3 Å². The molecule has 0 atom stereocenters. The van der Waals surface area contributed by atoms with Crippen molar-refractivity contribution in [2.45, 2.75) is 71.6 Å². The fraction of sp³-hybridized carbons (Fsp3) is 0.484. The average molecular weight is 550 g/mol. The Morgan fingerprint density at radius 2 is 1.82 bits per heavy atom. The second-order valence-corrected chi connectivity index (χ2v) is 11.9. The number of nitrogens with one attached hydrogen (secondary N) is 1. The highest BCUT2D eigenvalue weighted by atomic mass is 32.1. The number of carbonyl (C=O) groups is 1. The van der Waals surface area contributed by atoms with Crippen LogP contribution in [0.2, 0.25) is 0 Å². The molecule has 39 heavy (non-hydrogen) atoms. The first kappa shape index (κ1) is 27.5. The summed E-state index contributed by atoms with van der Waals surface area (Å²) in [7, 11) is 5.97. The minimum Gasteiger partial charge on any atom is -0.492 e. The van der Waals surface area contributed by atoms with E-state index in [0.717, 1.165) is 59.2 Å². The van der Waals surface area contributed by atoms with E-state index in [1.165, 1.54) is 0 Å². The van der Waals surface area contributed by atoms with Crippen molar-refractivity contribution >= 4 is 17.2 Å². The molecule has 208 valence electrons. The van der Waals surface area contributed by atoms with E-state index >= 15 is 0 Å². The first-order valence-electron chi connectivity index (χ1n) is 13.8. The van der Waals surface area contributed by atoms with E-state index < -0.39 is 0 Å². The van der Waals surface area contributed by atoms with Gasteiger partial charge in [0.15, 0.2) is 11.5 Å². The first-order chi connectivity index (χ1) is 18.7. The number of ether oxygens (including phenoxy) is 2. The number of pyridine rings is 1. The van der Waals surface area contributed by atoms with Crippen LogP contribution in [0.15, 0.2) is 27.7 Å². The lowest BCUT2D eigenvalue weighted by atomic mass is 9.86. The van der Waals surface area contributed by atoms with Gasteiger partial charge in [-0.15, -0.1) is 0 Å². The number of benzene rings is 1. The van der Waals surface area contributed by atoms with Gasteiger partial charge in [-0.05, 0) is 107 Å². The highest BCUT2D eigenvalue weighted by Crippen LogP contribution is 2.48. The van der Waals surface area contributed by atoms with E-state index in [2.05, 4.69) is 35.4 Å². The number of methoxy groups -OCH3 is 1. The number of H-pyrrole nitrogens is 1. The average Bonchev–Trinajstić information content (AvgIpc) is 3.43. The van der Waals surface area contributed by atoms with Crippen LogP contribution in [-0.2, 0) is 13.0 Å². The molecule has 2 aromatic heterocycles. The van der Waals surface area contributed by atoms with Crippen LogP contribution in [0.5, 0.6) is 11.5 Å². The molecule has 1 saturated carbocycles. The SMILES string of the molecule is COc1c(O[C@H]2CC[C@H](N(C)C)CC2)c(C)c2c(c1-c1ccsc1)CCN(Cc1c(C)cc(C)[nH]c1=O)C2=O. The minimum absolute atomic E-state index is 0.0616. The number of amides is 1. The van der Waals surface area contributed by atoms with Gasteiger partial charge in [-0.2, -0.15) is 11.3 Å². The quantitative estimate of drug-likeness (QED) is 0.422. The summed E-state index contributed by atoms with van der Waals surface area (Å²) in [4.78, 5) is 33.9. The number of thiophene rings is 1. The molecule has 1 amide bonds. The molecule has 8 heteroatoms. The van der Waals surface area contributed by atoms with Crippen molar-refractivity contribution in [1.29, 1.82) is 0 Å². The van der Waals surface area contributed by atoms with Crippen molar-refractivity contribution in [3.05, 3.63) is 66.8 Å². The molecule has 0 radical (unpaired) electrons. The number of hydrogen-bond donors (Lipinski definition) is 1. The molecule has 1 aliphatic heterocycles. The number of aryl methyl sites for hydroxylation is 2. The lowest BCUT2D eigenvalue weighted by Gasteiger charge is -2.35. The molecule has 1 N–H and O–H groups in total. The number of rotatable bonds is 7. The van der Waals surface area contributed by atoms with Gasteiger partial charge >= 0.3 is 0 Å². The van der Waals surface area contributed by atoms with Gasteiger partial charge in [-0.1, -0.05) is 0 Å². The molecule has 7 nitrogen and oxygen atoms in total. The van der Waals surface area contributed by atoms with E-state index in [1.807, 2.05) is 32.2 Å². The van der Waals surface area contributed by atoms with Crippen molar-refractivity contribution in [2.75, 3.05) is 27.7 Å². The Kier molecular flexibility index (Phi) is 7.87. The molecule has 1 aliphatic carbocycles. The number of fused-ring (bicyclic) bond motifs is 1. The Morgan fingerprint density at radius 3 is 2.44 bits per heavy atom. The Balaban J connectivity index is 1.56. The predicted molar refractivity (Wildman–Crippen MR) is 156 cm³/mol. The van der Waals surface area contributed by atoms with Crippen molar-refractivity contribution in [1.82, 2.24) is 14.8 Å². The van der Waals surface area contributed by atoms with Crippen LogP contribution in [0.25, 0.3) is 11.1 Å². The van der Waals surface area contributed by atoms with Crippen LogP contribution < -0.4 is 15.0 Å². The van der Waals surface area contributed by atoms with Gasteiger partial charge in [0.2, 0.25) is 0 Å². The summed E-state index contributed by atoms with van der Waals surface area (Å²) >= 11 is 1.63. The van der Waals surface area contributed by atoms with E-state index in [-0.39, 0.29) is 24.1 Å². The molecule has 3 aromatic rings. The Morgan fingerprint density at radius 1 is 1.08 bits per heavy atom. The summed E-state index contributed by atoms with van der Waals surface area (Å²) in [5.41, 5.74) is 6.72. The summed E-state index contributed by atoms with van der Waals surface area (Å²) in [6.07, 6.45) is 4.85. The molecule has 0 saturated heterocycles. The second kappa shape index (κ2) is 11.2.